The lowest BCUT2D eigenvalue weighted by Gasteiger charge is -2.31. The average molecular weight is 360 g/mol. The molecule has 0 spiro atoms. The lowest BCUT2D eigenvalue weighted by atomic mass is 9.83. The van der Waals surface area contributed by atoms with Crippen LogP contribution < -0.4 is 0 Å². The quantitative estimate of drug-likeness (QED) is 0.600. The largest absolute Gasteiger partial charge is 0.458 e. The van der Waals surface area contributed by atoms with Crippen molar-refractivity contribution in [3.8, 4) is 0 Å². The van der Waals surface area contributed by atoms with E-state index in [9.17, 15) is 19.5 Å². The van der Waals surface area contributed by atoms with Gasteiger partial charge in [0.25, 0.3) is 0 Å². The van der Waals surface area contributed by atoms with E-state index in [4.69, 9.17) is 9.47 Å². The molecule has 1 saturated heterocycles. The average Bonchev–Trinajstić information content (AvgIpc) is 2.83. The maximum Gasteiger partial charge on any atom is 0.334 e. The number of ether oxygens (including phenoxy) is 2. The van der Waals surface area contributed by atoms with Crippen molar-refractivity contribution < 1.29 is 29.0 Å². The monoisotopic (exact) mass is 360 g/mol. The van der Waals surface area contributed by atoms with Gasteiger partial charge < -0.3 is 14.6 Å². The van der Waals surface area contributed by atoms with Crippen molar-refractivity contribution in [1.82, 2.24) is 0 Å². The highest BCUT2D eigenvalue weighted by Crippen LogP contribution is 2.36. The fourth-order valence-electron chi connectivity index (χ4n) is 3.16. The minimum Gasteiger partial charge on any atom is -0.458 e. The minimum absolute atomic E-state index is 0.138. The number of esters is 2. The number of hydrogen-bond donors (Lipinski definition) is 1. The maximum atomic E-state index is 12.2. The third kappa shape index (κ3) is 4.02. The summed E-state index contributed by atoms with van der Waals surface area (Å²) in [5, 5.41) is 10.9. The molecule has 0 aromatic rings. The molecule has 0 saturated carbocycles. The van der Waals surface area contributed by atoms with Crippen LogP contribution in [-0.4, -0.2) is 41.1 Å². The molecule has 6 nitrogen and oxygen atoms in total. The van der Waals surface area contributed by atoms with Crippen molar-refractivity contribution in [3.05, 3.63) is 47.1 Å². The molecule has 1 heterocycles. The zero-order valence-corrected chi connectivity index (χ0v) is 15.4. The Morgan fingerprint density at radius 2 is 2.00 bits per heavy atom. The van der Waals surface area contributed by atoms with Gasteiger partial charge in [-0.05, 0) is 45.4 Å². The van der Waals surface area contributed by atoms with Gasteiger partial charge in [-0.3, -0.25) is 4.79 Å². The Bertz CT molecular complexity index is 739. The molecule has 1 aliphatic carbocycles. The Balaban J connectivity index is 2.48. The second-order valence-electron chi connectivity index (χ2n) is 6.77. The Morgan fingerprint density at radius 3 is 2.62 bits per heavy atom. The van der Waals surface area contributed by atoms with Crippen LogP contribution in [0.15, 0.2) is 47.1 Å². The van der Waals surface area contributed by atoms with E-state index in [1.165, 1.54) is 12.2 Å². The van der Waals surface area contributed by atoms with Crippen LogP contribution >= 0.6 is 0 Å². The number of fused-ring (bicyclic) bond motifs is 1. The standard InChI is InChI=1S/C20H24O6/c1-6-11(3)19(23)26-18-12(4)9-14(21)7-10(2)8-15-16(17(18)22)13(5)20(24)25-15/h6-7,9,15-18,22H,5,8H2,1-4H3. The van der Waals surface area contributed by atoms with Gasteiger partial charge in [0, 0.05) is 17.6 Å². The SMILES string of the molecule is C=C1C(=O)OC2CC(C)=CC(=O)C=C(C)C(OC(=O)C(C)=CC)C(O)C12. The zero-order valence-electron chi connectivity index (χ0n) is 15.4. The van der Waals surface area contributed by atoms with Crippen LogP contribution in [0, 0.1) is 5.92 Å². The molecule has 140 valence electrons. The topological polar surface area (TPSA) is 89.9 Å². The predicted molar refractivity (Wildman–Crippen MR) is 95.0 cm³/mol. The van der Waals surface area contributed by atoms with Gasteiger partial charge in [-0.2, -0.15) is 0 Å². The molecule has 26 heavy (non-hydrogen) atoms. The van der Waals surface area contributed by atoms with Gasteiger partial charge in [-0.15, -0.1) is 0 Å². The third-order valence-corrected chi connectivity index (χ3v) is 4.72. The van der Waals surface area contributed by atoms with Gasteiger partial charge in [0.1, 0.15) is 18.3 Å². The van der Waals surface area contributed by atoms with E-state index in [-0.39, 0.29) is 11.4 Å². The van der Waals surface area contributed by atoms with Gasteiger partial charge in [0.2, 0.25) is 0 Å². The number of allylic oxidation sites excluding steroid dienone is 3. The second kappa shape index (κ2) is 7.83. The summed E-state index contributed by atoms with van der Waals surface area (Å²) in [7, 11) is 0. The van der Waals surface area contributed by atoms with Crippen LogP contribution in [0.2, 0.25) is 0 Å². The molecule has 0 radical (unpaired) electrons. The van der Waals surface area contributed by atoms with Crippen molar-refractivity contribution in [3.63, 3.8) is 0 Å². The Morgan fingerprint density at radius 1 is 1.35 bits per heavy atom. The highest BCUT2D eigenvalue weighted by Gasteiger charge is 2.47. The Hall–Kier alpha value is -2.47. The van der Waals surface area contributed by atoms with Gasteiger partial charge in [-0.1, -0.05) is 18.2 Å². The number of rotatable bonds is 2. The number of aliphatic hydroxyl groups is 1. The highest BCUT2D eigenvalue weighted by molar-refractivity contribution is 6.00. The summed E-state index contributed by atoms with van der Waals surface area (Å²) in [6, 6.07) is 0. The van der Waals surface area contributed by atoms with Gasteiger partial charge in [0.05, 0.1) is 5.92 Å². The number of ketones is 1. The van der Waals surface area contributed by atoms with Crippen LogP contribution in [0.25, 0.3) is 0 Å². The summed E-state index contributed by atoms with van der Waals surface area (Å²) < 4.78 is 10.8. The first-order chi connectivity index (χ1) is 12.1. The molecule has 1 N–H and O–H groups in total. The summed E-state index contributed by atoms with van der Waals surface area (Å²) in [4.78, 5) is 36.3. The minimum atomic E-state index is -1.26. The molecule has 2 aliphatic rings. The summed E-state index contributed by atoms with van der Waals surface area (Å²) in [5.41, 5.74) is 1.62. The number of hydrogen-bond acceptors (Lipinski definition) is 6. The van der Waals surface area contributed by atoms with E-state index in [2.05, 4.69) is 6.58 Å². The number of aliphatic hydroxyl groups excluding tert-OH is 1. The summed E-state index contributed by atoms with van der Waals surface area (Å²) in [6.45, 7) is 10.4. The molecule has 0 bridgehead atoms. The molecule has 1 aliphatic heterocycles. The zero-order chi connectivity index (χ0) is 19.6. The van der Waals surface area contributed by atoms with E-state index in [0.29, 0.717) is 17.6 Å². The lowest BCUT2D eigenvalue weighted by Crippen LogP contribution is -2.42. The van der Waals surface area contributed by atoms with Crippen molar-refractivity contribution in [2.75, 3.05) is 0 Å². The van der Waals surface area contributed by atoms with Crippen LogP contribution in [0.3, 0.4) is 0 Å². The molecule has 6 heteroatoms. The van der Waals surface area contributed by atoms with E-state index in [1.54, 1.807) is 33.8 Å². The number of carbonyl (C=O) groups excluding carboxylic acids is 3. The molecule has 0 amide bonds. The van der Waals surface area contributed by atoms with E-state index in [0.717, 1.165) is 5.57 Å². The van der Waals surface area contributed by atoms with Crippen LogP contribution in [0.4, 0.5) is 0 Å². The first kappa shape index (κ1) is 19.8. The smallest absolute Gasteiger partial charge is 0.334 e. The molecule has 0 aromatic carbocycles. The second-order valence-corrected chi connectivity index (χ2v) is 6.77. The fraction of sp³-hybridized carbons (Fsp3) is 0.450. The normalized spacial score (nSPS) is 30.2. The van der Waals surface area contributed by atoms with Gasteiger partial charge >= 0.3 is 11.9 Å². The van der Waals surface area contributed by atoms with Gasteiger partial charge in [0.15, 0.2) is 5.78 Å². The maximum absolute atomic E-state index is 12.2. The van der Waals surface area contributed by atoms with Crippen molar-refractivity contribution >= 4 is 17.7 Å². The molecule has 4 atom stereocenters. The molecule has 2 rings (SSSR count). The Labute approximate surface area is 152 Å². The van der Waals surface area contributed by atoms with Gasteiger partial charge in [-0.25, -0.2) is 9.59 Å². The summed E-state index contributed by atoms with van der Waals surface area (Å²) in [6.07, 6.45) is 1.65. The fourth-order valence-corrected chi connectivity index (χ4v) is 3.16. The molecule has 0 aromatic heterocycles. The van der Waals surface area contributed by atoms with E-state index >= 15 is 0 Å². The first-order valence-corrected chi connectivity index (χ1v) is 8.46. The summed E-state index contributed by atoms with van der Waals surface area (Å²) >= 11 is 0. The summed E-state index contributed by atoms with van der Waals surface area (Å²) in [5.74, 6) is -2.20. The molecule has 4 unspecified atom stereocenters. The van der Waals surface area contributed by atoms with Crippen molar-refractivity contribution in [2.24, 2.45) is 5.92 Å². The first-order valence-electron chi connectivity index (χ1n) is 8.46. The molecular weight excluding hydrogens is 336 g/mol. The number of carbonyl (C=O) groups is 3. The predicted octanol–water partition coefficient (Wildman–Crippen LogP) is 2.19. The molecular formula is C20H24O6. The van der Waals surface area contributed by atoms with Crippen LogP contribution in [-0.2, 0) is 23.9 Å². The van der Waals surface area contributed by atoms with Crippen LogP contribution in [0.1, 0.15) is 34.1 Å². The van der Waals surface area contributed by atoms with Crippen molar-refractivity contribution in [2.45, 2.75) is 52.4 Å². The Kier molecular flexibility index (Phi) is 5.97. The van der Waals surface area contributed by atoms with Crippen molar-refractivity contribution in [1.29, 1.82) is 0 Å². The highest BCUT2D eigenvalue weighted by atomic mass is 16.6. The lowest BCUT2D eigenvalue weighted by molar-refractivity contribution is -0.151. The van der Waals surface area contributed by atoms with E-state index in [1.807, 2.05) is 0 Å². The molecule has 1 fully saturated rings. The third-order valence-electron chi connectivity index (χ3n) is 4.72. The van der Waals surface area contributed by atoms with E-state index < -0.39 is 36.2 Å². The van der Waals surface area contributed by atoms with Crippen LogP contribution in [0.5, 0.6) is 0 Å².